The summed E-state index contributed by atoms with van der Waals surface area (Å²) in [4.78, 5) is 25.5. The summed E-state index contributed by atoms with van der Waals surface area (Å²) in [6.45, 7) is 5.53. The Kier molecular flexibility index (Phi) is 5.97. The molecular weight excluding hydrogens is 290 g/mol. The zero-order chi connectivity index (χ0) is 16.8. The molecule has 1 aromatic carbocycles. The molecule has 1 aromatic rings. The van der Waals surface area contributed by atoms with Crippen molar-refractivity contribution in [1.29, 1.82) is 0 Å². The fourth-order valence-electron chi connectivity index (χ4n) is 2.77. The number of carbonyl (C=O) groups is 2. The molecule has 4 heteroatoms. The van der Waals surface area contributed by atoms with Gasteiger partial charge in [-0.15, -0.1) is 0 Å². The minimum Gasteiger partial charge on any atom is -0.469 e. The molecule has 0 aliphatic carbocycles. The minimum absolute atomic E-state index is 0.00116. The molecule has 0 spiro atoms. The molecule has 1 amide bonds. The van der Waals surface area contributed by atoms with Crippen molar-refractivity contribution >= 4 is 18.0 Å². The third-order valence-corrected chi connectivity index (χ3v) is 4.36. The van der Waals surface area contributed by atoms with Gasteiger partial charge in [-0.2, -0.15) is 0 Å². The molecule has 0 N–H and O–H groups in total. The van der Waals surface area contributed by atoms with Crippen LogP contribution in [-0.4, -0.2) is 37.0 Å². The Morgan fingerprint density at radius 3 is 2.30 bits per heavy atom. The van der Waals surface area contributed by atoms with Crippen LogP contribution in [0.25, 0.3) is 6.08 Å². The number of methoxy groups -OCH3 is 1. The first-order chi connectivity index (χ1) is 11.0. The van der Waals surface area contributed by atoms with Gasteiger partial charge in [-0.3, -0.25) is 9.59 Å². The molecule has 0 aromatic heterocycles. The Morgan fingerprint density at radius 1 is 1.17 bits per heavy atom. The maximum absolute atomic E-state index is 12.2. The van der Waals surface area contributed by atoms with E-state index >= 15 is 0 Å². The molecule has 0 radical (unpaired) electrons. The molecule has 0 atom stereocenters. The summed E-state index contributed by atoms with van der Waals surface area (Å²) < 4.78 is 4.76. The van der Waals surface area contributed by atoms with E-state index in [0.29, 0.717) is 31.8 Å². The standard InChI is InChI=1S/C19H25NO3/c1-14(2)16-7-4-15(5-8-16)6-9-18(21)20-12-10-17(11-13-20)19(22)23-3/h4-9,14,17H,10-13H2,1-3H3/b9-6+. The maximum Gasteiger partial charge on any atom is 0.308 e. The molecule has 0 unspecified atom stereocenters. The Morgan fingerprint density at radius 2 is 1.78 bits per heavy atom. The highest BCUT2D eigenvalue weighted by atomic mass is 16.5. The van der Waals surface area contributed by atoms with Gasteiger partial charge >= 0.3 is 5.97 Å². The fourth-order valence-corrected chi connectivity index (χ4v) is 2.77. The van der Waals surface area contributed by atoms with Gasteiger partial charge in [0.1, 0.15) is 0 Å². The van der Waals surface area contributed by atoms with E-state index in [1.807, 2.05) is 18.2 Å². The molecule has 1 fully saturated rings. The number of hydrogen-bond donors (Lipinski definition) is 0. The second-order valence-corrected chi connectivity index (χ2v) is 6.28. The fraction of sp³-hybridized carbons (Fsp3) is 0.474. The van der Waals surface area contributed by atoms with Crippen LogP contribution in [-0.2, 0) is 14.3 Å². The lowest BCUT2D eigenvalue weighted by Gasteiger charge is -2.29. The molecule has 124 valence electrons. The SMILES string of the molecule is COC(=O)C1CCN(C(=O)/C=C/c2ccc(C(C)C)cc2)CC1. The Bertz CT molecular complexity index is 567. The number of amides is 1. The highest BCUT2D eigenvalue weighted by Crippen LogP contribution is 2.19. The van der Waals surface area contributed by atoms with E-state index in [4.69, 9.17) is 4.74 Å². The van der Waals surface area contributed by atoms with Crippen LogP contribution in [0.1, 0.15) is 43.7 Å². The van der Waals surface area contributed by atoms with Crippen LogP contribution in [0, 0.1) is 5.92 Å². The third-order valence-electron chi connectivity index (χ3n) is 4.36. The van der Waals surface area contributed by atoms with Gasteiger partial charge in [-0.25, -0.2) is 0 Å². The van der Waals surface area contributed by atoms with E-state index in [9.17, 15) is 9.59 Å². The number of hydrogen-bond acceptors (Lipinski definition) is 3. The van der Waals surface area contributed by atoms with Crippen molar-refractivity contribution < 1.29 is 14.3 Å². The normalized spacial score (nSPS) is 16.1. The molecule has 1 heterocycles. The van der Waals surface area contributed by atoms with Crippen LogP contribution in [0.3, 0.4) is 0 Å². The first-order valence-corrected chi connectivity index (χ1v) is 8.16. The maximum atomic E-state index is 12.2. The third kappa shape index (κ3) is 4.68. The van der Waals surface area contributed by atoms with Crippen molar-refractivity contribution in [2.75, 3.05) is 20.2 Å². The molecule has 0 saturated carbocycles. The van der Waals surface area contributed by atoms with Crippen LogP contribution in [0.5, 0.6) is 0 Å². The molecule has 1 saturated heterocycles. The summed E-state index contributed by atoms with van der Waals surface area (Å²) in [5.41, 5.74) is 2.31. The lowest BCUT2D eigenvalue weighted by Crippen LogP contribution is -2.39. The van der Waals surface area contributed by atoms with Gasteiger partial charge in [0.2, 0.25) is 5.91 Å². The zero-order valence-corrected chi connectivity index (χ0v) is 14.1. The van der Waals surface area contributed by atoms with Crippen LogP contribution in [0.4, 0.5) is 0 Å². The summed E-state index contributed by atoms with van der Waals surface area (Å²) in [5, 5.41) is 0. The molecule has 1 aliphatic heterocycles. The van der Waals surface area contributed by atoms with Gasteiger partial charge in [0, 0.05) is 19.2 Å². The van der Waals surface area contributed by atoms with Crippen molar-refractivity contribution in [1.82, 2.24) is 4.90 Å². The Labute approximate surface area is 138 Å². The van der Waals surface area contributed by atoms with E-state index in [2.05, 4.69) is 26.0 Å². The van der Waals surface area contributed by atoms with Crippen molar-refractivity contribution in [3.05, 3.63) is 41.5 Å². The Hall–Kier alpha value is -2.10. The smallest absolute Gasteiger partial charge is 0.308 e. The summed E-state index contributed by atoms with van der Waals surface area (Å²) in [6, 6.07) is 8.25. The lowest BCUT2D eigenvalue weighted by molar-refractivity contribution is -0.148. The van der Waals surface area contributed by atoms with Crippen LogP contribution < -0.4 is 0 Å². The van der Waals surface area contributed by atoms with Crippen LogP contribution in [0.15, 0.2) is 30.3 Å². The van der Waals surface area contributed by atoms with Gasteiger partial charge in [-0.1, -0.05) is 38.1 Å². The highest BCUT2D eigenvalue weighted by Gasteiger charge is 2.26. The monoisotopic (exact) mass is 315 g/mol. The van der Waals surface area contributed by atoms with Crippen molar-refractivity contribution in [3.63, 3.8) is 0 Å². The van der Waals surface area contributed by atoms with E-state index in [1.54, 1.807) is 11.0 Å². The van der Waals surface area contributed by atoms with Gasteiger partial charge in [0.05, 0.1) is 13.0 Å². The number of ether oxygens (including phenoxy) is 1. The Balaban J connectivity index is 1.88. The first-order valence-electron chi connectivity index (χ1n) is 8.16. The molecule has 0 bridgehead atoms. The number of nitrogens with zero attached hydrogens (tertiary/aromatic N) is 1. The zero-order valence-electron chi connectivity index (χ0n) is 14.1. The predicted molar refractivity (Wildman–Crippen MR) is 90.9 cm³/mol. The first kappa shape index (κ1) is 17.3. The summed E-state index contributed by atoms with van der Waals surface area (Å²) in [7, 11) is 1.41. The molecule has 4 nitrogen and oxygen atoms in total. The number of esters is 1. The molecule has 1 aliphatic rings. The highest BCUT2D eigenvalue weighted by molar-refractivity contribution is 5.92. The number of benzene rings is 1. The van der Waals surface area contributed by atoms with Gasteiger partial charge in [0.15, 0.2) is 0 Å². The minimum atomic E-state index is -0.169. The predicted octanol–water partition coefficient (Wildman–Crippen LogP) is 3.23. The number of piperidine rings is 1. The quantitative estimate of drug-likeness (QED) is 0.633. The van der Waals surface area contributed by atoms with Gasteiger partial charge in [-0.05, 0) is 36.0 Å². The van der Waals surface area contributed by atoms with E-state index < -0.39 is 0 Å². The van der Waals surface area contributed by atoms with Crippen molar-refractivity contribution in [3.8, 4) is 0 Å². The van der Waals surface area contributed by atoms with Gasteiger partial charge in [0.25, 0.3) is 0 Å². The largest absolute Gasteiger partial charge is 0.469 e. The summed E-state index contributed by atoms with van der Waals surface area (Å²) in [6.07, 6.45) is 4.81. The molecule has 23 heavy (non-hydrogen) atoms. The molecular formula is C19H25NO3. The van der Waals surface area contributed by atoms with E-state index in [1.165, 1.54) is 12.7 Å². The van der Waals surface area contributed by atoms with Gasteiger partial charge < -0.3 is 9.64 Å². The van der Waals surface area contributed by atoms with Crippen LogP contribution >= 0.6 is 0 Å². The van der Waals surface area contributed by atoms with E-state index in [0.717, 1.165) is 5.56 Å². The topological polar surface area (TPSA) is 46.6 Å². The van der Waals surface area contributed by atoms with E-state index in [-0.39, 0.29) is 17.8 Å². The number of rotatable bonds is 4. The average Bonchev–Trinajstić information content (AvgIpc) is 2.59. The summed E-state index contributed by atoms with van der Waals surface area (Å²) in [5.74, 6) is 0.265. The lowest BCUT2D eigenvalue weighted by atomic mass is 9.97. The second kappa shape index (κ2) is 7.95. The second-order valence-electron chi connectivity index (χ2n) is 6.28. The average molecular weight is 315 g/mol. The van der Waals surface area contributed by atoms with Crippen LogP contribution in [0.2, 0.25) is 0 Å². The number of likely N-dealkylation sites (tertiary alicyclic amines) is 1. The molecule has 2 rings (SSSR count). The summed E-state index contributed by atoms with van der Waals surface area (Å²) >= 11 is 0. The van der Waals surface area contributed by atoms with Crippen molar-refractivity contribution in [2.24, 2.45) is 5.92 Å². The van der Waals surface area contributed by atoms with Crippen molar-refractivity contribution in [2.45, 2.75) is 32.6 Å². The number of carbonyl (C=O) groups excluding carboxylic acids is 2.